The number of hydrogen-bond donors (Lipinski definition) is 2. The van der Waals surface area contributed by atoms with E-state index in [1.807, 2.05) is 6.92 Å². The standard InChI is InChI=1S/C9H12O3.2Re/c1-2-12-8-5-3-7(4-6-8)9(10)11;;/h3-6,9-11H,2H2,1H3;;. The minimum Gasteiger partial charge on any atom is -0.494 e. The maximum absolute atomic E-state index is 8.76. The molecule has 0 bridgehead atoms. The van der Waals surface area contributed by atoms with Crippen molar-refractivity contribution < 1.29 is 55.8 Å². The van der Waals surface area contributed by atoms with Gasteiger partial charge in [-0.2, -0.15) is 0 Å². The van der Waals surface area contributed by atoms with Crippen molar-refractivity contribution in [2.24, 2.45) is 0 Å². The molecule has 14 heavy (non-hydrogen) atoms. The van der Waals surface area contributed by atoms with Gasteiger partial charge in [-0.1, -0.05) is 12.1 Å². The SMILES string of the molecule is CCOc1ccc(C(O)O)cc1.[Re].[Re]. The maximum Gasteiger partial charge on any atom is 0.178 e. The zero-order valence-electron chi connectivity index (χ0n) is 7.65. The molecule has 0 saturated carbocycles. The number of aliphatic hydroxyl groups is 2. The topological polar surface area (TPSA) is 49.7 Å². The summed E-state index contributed by atoms with van der Waals surface area (Å²) in [6.45, 7) is 2.51. The Bertz CT molecular complexity index is 236. The Balaban J connectivity index is 0. The van der Waals surface area contributed by atoms with Crippen LogP contribution in [0.2, 0.25) is 0 Å². The molecule has 1 rings (SSSR count). The van der Waals surface area contributed by atoms with Crippen LogP contribution in [0.25, 0.3) is 0 Å². The normalized spacial score (nSPS) is 8.86. The van der Waals surface area contributed by atoms with Crippen LogP contribution in [0.1, 0.15) is 18.8 Å². The van der Waals surface area contributed by atoms with E-state index in [9.17, 15) is 0 Å². The van der Waals surface area contributed by atoms with Crippen LogP contribution in [0.5, 0.6) is 5.75 Å². The first-order valence-corrected chi connectivity index (χ1v) is 3.83. The largest absolute Gasteiger partial charge is 0.494 e. The summed E-state index contributed by atoms with van der Waals surface area (Å²) < 4.78 is 5.18. The first kappa shape index (κ1) is 16.7. The molecule has 0 aromatic heterocycles. The summed E-state index contributed by atoms with van der Waals surface area (Å²) in [5.74, 6) is 0.738. The van der Waals surface area contributed by atoms with Crippen LogP contribution in [0.3, 0.4) is 0 Å². The molecule has 0 atom stereocenters. The fourth-order valence-electron chi connectivity index (χ4n) is 0.903. The minimum atomic E-state index is -1.40. The summed E-state index contributed by atoms with van der Waals surface area (Å²) >= 11 is 0. The van der Waals surface area contributed by atoms with E-state index < -0.39 is 6.29 Å². The number of ether oxygens (including phenoxy) is 1. The summed E-state index contributed by atoms with van der Waals surface area (Å²) in [4.78, 5) is 0. The number of aliphatic hydroxyl groups excluding tert-OH is 1. The molecule has 2 N–H and O–H groups in total. The van der Waals surface area contributed by atoms with Crippen molar-refractivity contribution in [1.82, 2.24) is 0 Å². The van der Waals surface area contributed by atoms with Crippen molar-refractivity contribution in [3.63, 3.8) is 0 Å². The molecule has 0 amide bonds. The van der Waals surface area contributed by atoms with E-state index in [1.165, 1.54) is 0 Å². The molecule has 0 aliphatic rings. The molecule has 0 aliphatic carbocycles. The molecule has 0 heterocycles. The van der Waals surface area contributed by atoms with Gasteiger partial charge in [0.2, 0.25) is 0 Å². The zero-order chi connectivity index (χ0) is 8.97. The Hall–Kier alpha value is 0.265. The molecule has 0 saturated heterocycles. The van der Waals surface area contributed by atoms with Gasteiger partial charge in [-0.3, -0.25) is 0 Å². The molecule has 80 valence electrons. The number of hydrogen-bond acceptors (Lipinski definition) is 3. The van der Waals surface area contributed by atoms with Gasteiger partial charge < -0.3 is 14.9 Å². The van der Waals surface area contributed by atoms with Gasteiger partial charge in [0.05, 0.1) is 6.61 Å². The second-order valence-electron chi connectivity index (χ2n) is 2.38. The average molecular weight is 541 g/mol. The molecular formula is C9H12O3Re2. The molecule has 1 aromatic rings. The summed E-state index contributed by atoms with van der Waals surface area (Å²) in [5.41, 5.74) is 0.471. The van der Waals surface area contributed by atoms with E-state index >= 15 is 0 Å². The Morgan fingerprint density at radius 1 is 1.14 bits per heavy atom. The van der Waals surface area contributed by atoms with Gasteiger partial charge in [0.25, 0.3) is 0 Å². The second kappa shape index (κ2) is 8.56. The molecule has 0 aliphatic heterocycles. The van der Waals surface area contributed by atoms with E-state index in [2.05, 4.69) is 0 Å². The second-order valence-corrected chi connectivity index (χ2v) is 2.38. The Kier molecular flexibility index (Phi) is 10.2. The molecule has 0 unspecified atom stereocenters. The van der Waals surface area contributed by atoms with Crippen molar-refractivity contribution in [3.8, 4) is 5.75 Å². The van der Waals surface area contributed by atoms with Gasteiger partial charge in [0, 0.05) is 46.4 Å². The van der Waals surface area contributed by atoms with Gasteiger partial charge in [-0.05, 0) is 19.1 Å². The van der Waals surface area contributed by atoms with Gasteiger partial charge >= 0.3 is 0 Å². The van der Waals surface area contributed by atoms with Crippen molar-refractivity contribution >= 4 is 0 Å². The van der Waals surface area contributed by atoms with E-state index in [0.717, 1.165) is 5.75 Å². The molecule has 3 nitrogen and oxygen atoms in total. The predicted molar refractivity (Wildman–Crippen MR) is 44.8 cm³/mol. The number of benzene rings is 1. The summed E-state index contributed by atoms with van der Waals surface area (Å²) in [7, 11) is 0. The summed E-state index contributed by atoms with van der Waals surface area (Å²) in [6, 6.07) is 6.65. The van der Waals surface area contributed by atoms with Crippen LogP contribution in [0, 0.1) is 0 Å². The Labute approximate surface area is 111 Å². The third-order valence-corrected chi connectivity index (χ3v) is 1.49. The van der Waals surface area contributed by atoms with Crippen LogP contribution in [0.15, 0.2) is 24.3 Å². The van der Waals surface area contributed by atoms with Crippen molar-refractivity contribution in [3.05, 3.63) is 29.8 Å². The third kappa shape index (κ3) is 5.22. The molecular weight excluding hydrogens is 529 g/mol. The van der Waals surface area contributed by atoms with E-state index in [1.54, 1.807) is 24.3 Å². The van der Waals surface area contributed by atoms with Crippen LogP contribution in [0.4, 0.5) is 0 Å². The first-order valence-electron chi connectivity index (χ1n) is 3.83. The van der Waals surface area contributed by atoms with E-state index in [4.69, 9.17) is 14.9 Å². The fraction of sp³-hybridized carbons (Fsp3) is 0.333. The first-order chi connectivity index (χ1) is 5.74. The van der Waals surface area contributed by atoms with Crippen molar-refractivity contribution in [1.29, 1.82) is 0 Å². The van der Waals surface area contributed by atoms with E-state index in [0.29, 0.717) is 12.2 Å². The van der Waals surface area contributed by atoms with Gasteiger partial charge in [0.15, 0.2) is 6.29 Å². The van der Waals surface area contributed by atoms with Crippen molar-refractivity contribution in [2.75, 3.05) is 6.61 Å². The Morgan fingerprint density at radius 3 is 2.00 bits per heavy atom. The predicted octanol–water partition coefficient (Wildman–Crippen LogP) is 1.06. The molecule has 2 radical (unpaired) electrons. The fourth-order valence-corrected chi connectivity index (χ4v) is 0.903. The van der Waals surface area contributed by atoms with Crippen LogP contribution in [-0.2, 0) is 40.8 Å². The Morgan fingerprint density at radius 2 is 1.64 bits per heavy atom. The monoisotopic (exact) mass is 542 g/mol. The quantitative estimate of drug-likeness (QED) is 0.565. The summed E-state index contributed by atoms with van der Waals surface area (Å²) in [6.07, 6.45) is -1.40. The zero-order valence-corrected chi connectivity index (χ0v) is 13.1. The number of rotatable bonds is 3. The summed E-state index contributed by atoms with van der Waals surface area (Å²) in [5, 5.41) is 17.5. The average Bonchev–Trinajstić information content (AvgIpc) is 2.06. The van der Waals surface area contributed by atoms with Gasteiger partial charge in [-0.25, -0.2) is 0 Å². The molecule has 0 spiro atoms. The van der Waals surface area contributed by atoms with Crippen LogP contribution >= 0.6 is 0 Å². The van der Waals surface area contributed by atoms with E-state index in [-0.39, 0.29) is 40.8 Å². The molecule has 0 fully saturated rings. The maximum atomic E-state index is 8.76. The van der Waals surface area contributed by atoms with Crippen LogP contribution in [-0.4, -0.2) is 16.8 Å². The van der Waals surface area contributed by atoms with Crippen molar-refractivity contribution in [2.45, 2.75) is 13.2 Å². The minimum absolute atomic E-state index is 0. The van der Waals surface area contributed by atoms with Gasteiger partial charge in [-0.15, -0.1) is 0 Å². The van der Waals surface area contributed by atoms with Gasteiger partial charge in [0.1, 0.15) is 5.75 Å². The molecule has 1 aromatic carbocycles. The van der Waals surface area contributed by atoms with Crippen LogP contribution < -0.4 is 4.74 Å². The third-order valence-electron chi connectivity index (χ3n) is 1.49. The smallest absolute Gasteiger partial charge is 0.178 e. The molecule has 5 heteroatoms.